The Morgan fingerprint density at radius 1 is 1.23 bits per heavy atom. The molecule has 2 heterocycles. The minimum atomic E-state index is -0.576. The molecule has 0 saturated carbocycles. The number of oxime groups is 1. The Hall–Kier alpha value is -3.46. The summed E-state index contributed by atoms with van der Waals surface area (Å²) in [7, 11) is 0. The lowest BCUT2D eigenvalue weighted by atomic mass is 9.99. The second kappa shape index (κ2) is 8.73. The number of halogens is 1. The zero-order chi connectivity index (χ0) is 22.0. The van der Waals surface area contributed by atoms with Crippen LogP contribution in [0.2, 0.25) is 0 Å². The number of aliphatic hydroxyl groups excluding tert-OH is 1. The van der Waals surface area contributed by atoms with E-state index in [0.29, 0.717) is 23.2 Å². The number of aliphatic hydroxyl groups is 1. The second-order valence-corrected chi connectivity index (χ2v) is 7.45. The van der Waals surface area contributed by atoms with Gasteiger partial charge in [0.15, 0.2) is 6.10 Å². The molecule has 2 N–H and O–H groups in total. The van der Waals surface area contributed by atoms with E-state index in [-0.39, 0.29) is 31.7 Å². The Balaban J connectivity index is 1.47. The third-order valence-electron chi connectivity index (χ3n) is 5.18. The number of anilines is 1. The summed E-state index contributed by atoms with van der Waals surface area (Å²) in [5.41, 5.74) is 3.05. The van der Waals surface area contributed by atoms with Crippen molar-refractivity contribution >= 4 is 23.4 Å². The SMILES string of the molecule is CC(=O)NC[C@H]1CN(c2ccc(-c3ccc(C4=NOC(CO)C4)cc3)c(F)c2)C(=O)O1. The van der Waals surface area contributed by atoms with Crippen molar-refractivity contribution in [3.63, 3.8) is 0 Å². The Kier molecular flexibility index (Phi) is 5.85. The minimum Gasteiger partial charge on any atom is -0.442 e. The van der Waals surface area contributed by atoms with Crippen molar-refractivity contribution < 1.29 is 28.7 Å². The maximum absolute atomic E-state index is 14.9. The highest BCUT2D eigenvalue weighted by atomic mass is 19.1. The molecule has 162 valence electrons. The molecule has 2 aromatic rings. The number of carbonyl (C=O) groups excluding carboxylic acids is 2. The largest absolute Gasteiger partial charge is 0.442 e. The highest BCUT2D eigenvalue weighted by Gasteiger charge is 2.32. The predicted octanol–water partition coefficient (Wildman–Crippen LogP) is 2.44. The van der Waals surface area contributed by atoms with Gasteiger partial charge in [-0.1, -0.05) is 29.4 Å². The Morgan fingerprint density at radius 2 is 1.97 bits per heavy atom. The fraction of sp³-hybridized carbons (Fsp3) is 0.318. The van der Waals surface area contributed by atoms with Crippen LogP contribution in [0.25, 0.3) is 11.1 Å². The molecule has 1 unspecified atom stereocenters. The molecule has 0 radical (unpaired) electrons. The molecular weight excluding hydrogens is 405 g/mol. The van der Waals surface area contributed by atoms with Crippen LogP contribution < -0.4 is 10.2 Å². The van der Waals surface area contributed by atoms with E-state index in [2.05, 4.69) is 10.5 Å². The molecule has 0 bridgehead atoms. The van der Waals surface area contributed by atoms with Crippen molar-refractivity contribution in [2.75, 3.05) is 24.6 Å². The molecule has 9 heteroatoms. The molecule has 2 aromatic carbocycles. The molecular formula is C22H22FN3O5. The number of hydrogen-bond acceptors (Lipinski definition) is 6. The van der Waals surface area contributed by atoms with Crippen molar-refractivity contribution in [1.82, 2.24) is 5.32 Å². The van der Waals surface area contributed by atoms with Crippen LogP contribution in [-0.4, -0.2) is 54.7 Å². The van der Waals surface area contributed by atoms with Crippen LogP contribution in [-0.2, 0) is 14.4 Å². The number of benzene rings is 2. The third kappa shape index (κ3) is 4.51. The maximum Gasteiger partial charge on any atom is 0.414 e. The van der Waals surface area contributed by atoms with Gasteiger partial charge < -0.3 is 20.0 Å². The molecule has 0 aromatic heterocycles. The third-order valence-corrected chi connectivity index (χ3v) is 5.18. The van der Waals surface area contributed by atoms with Gasteiger partial charge in [0.25, 0.3) is 0 Å². The molecule has 1 fully saturated rings. The Morgan fingerprint density at radius 3 is 2.61 bits per heavy atom. The van der Waals surface area contributed by atoms with Gasteiger partial charge in [-0.05, 0) is 29.3 Å². The number of rotatable bonds is 6. The number of carbonyl (C=O) groups is 2. The fourth-order valence-electron chi connectivity index (χ4n) is 3.54. The normalized spacial score (nSPS) is 20.3. The minimum absolute atomic E-state index is 0.0960. The van der Waals surface area contributed by atoms with Gasteiger partial charge in [0, 0.05) is 18.9 Å². The Labute approximate surface area is 178 Å². The van der Waals surface area contributed by atoms with Crippen LogP contribution in [0.5, 0.6) is 0 Å². The summed E-state index contributed by atoms with van der Waals surface area (Å²) in [5, 5.41) is 15.7. The fourth-order valence-corrected chi connectivity index (χ4v) is 3.54. The number of amides is 2. The van der Waals surface area contributed by atoms with E-state index < -0.39 is 18.0 Å². The van der Waals surface area contributed by atoms with Crippen molar-refractivity contribution in [2.24, 2.45) is 5.16 Å². The summed E-state index contributed by atoms with van der Waals surface area (Å²) < 4.78 is 20.1. The van der Waals surface area contributed by atoms with Gasteiger partial charge in [-0.2, -0.15) is 0 Å². The molecule has 31 heavy (non-hydrogen) atoms. The lowest BCUT2D eigenvalue weighted by Crippen LogP contribution is -2.33. The van der Waals surface area contributed by atoms with Crippen LogP contribution in [0, 0.1) is 5.82 Å². The average Bonchev–Trinajstić information content (AvgIpc) is 3.39. The second-order valence-electron chi connectivity index (χ2n) is 7.45. The Bertz CT molecular complexity index is 1020. The first-order valence-corrected chi connectivity index (χ1v) is 9.91. The first kappa shape index (κ1) is 20.8. The highest BCUT2D eigenvalue weighted by Crippen LogP contribution is 2.29. The summed E-state index contributed by atoms with van der Waals surface area (Å²) in [6, 6.07) is 11.8. The van der Waals surface area contributed by atoms with Gasteiger partial charge in [0.05, 0.1) is 31.1 Å². The first-order valence-electron chi connectivity index (χ1n) is 9.91. The highest BCUT2D eigenvalue weighted by molar-refractivity contribution is 6.01. The van der Waals surface area contributed by atoms with E-state index >= 15 is 0 Å². The number of nitrogens with zero attached hydrogens (tertiary/aromatic N) is 2. The number of hydrogen-bond donors (Lipinski definition) is 2. The topological polar surface area (TPSA) is 100 Å². The predicted molar refractivity (Wildman–Crippen MR) is 111 cm³/mol. The van der Waals surface area contributed by atoms with Gasteiger partial charge in [0.1, 0.15) is 11.9 Å². The molecule has 1 saturated heterocycles. The molecule has 2 aliphatic heterocycles. The molecule has 2 amide bonds. The number of ether oxygens (including phenoxy) is 1. The zero-order valence-corrected chi connectivity index (χ0v) is 16.9. The van der Waals surface area contributed by atoms with E-state index in [1.807, 2.05) is 12.1 Å². The van der Waals surface area contributed by atoms with Crippen LogP contribution in [0.4, 0.5) is 14.9 Å². The van der Waals surface area contributed by atoms with Crippen LogP contribution >= 0.6 is 0 Å². The molecule has 2 aliphatic rings. The first-order chi connectivity index (χ1) is 14.9. The van der Waals surface area contributed by atoms with E-state index in [4.69, 9.17) is 14.7 Å². The molecule has 2 atom stereocenters. The lowest BCUT2D eigenvalue weighted by molar-refractivity contribution is -0.119. The average molecular weight is 427 g/mol. The summed E-state index contributed by atoms with van der Waals surface area (Å²) in [5.74, 6) is -0.679. The lowest BCUT2D eigenvalue weighted by Gasteiger charge is -2.14. The standard InChI is InChI=1S/C22H22FN3O5/c1-13(28)24-10-18-11-26(22(29)30-18)16-6-7-19(20(23)8-16)14-2-4-15(5-3-14)21-9-17(12-27)31-25-21/h2-8,17-18,27H,9-12H2,1H3,(H,24,28)/t17?,18-/m0/s1. The summed E-state index contributed by atoms with van der Waals surface area (Å²) in [4.78, 5) is 29.6. The quantitative estimate of drug-likeness (QED) is 0.738. The molecule has 0 aliphatic carbocycles. The number of cyclic esters (lactones) is 1. The van der Waals surface area contributed by atoms with E-state index in [0.717, 1.165) is 11.3 Å². The van der Waals surface area contributed by atoms with Gasteiger partial charge in [0.2, 0.25) is 5.91 Å². The van der Waals surface area contributed by atoms with Crippen molar-refractivity contribution in [2.45, 2.75) is 25.6 Å². The van der Waals surface area contributed by atoms with E-state index in [1.165, 1.54) is 17.9 Å². The summed E-state index contributed by atoms with van der Waals surface area (Å²) in [6.45, 7) is 1.72. The smallest absolute Gasteiger partial charge is 0.414 e. The van der Waals surface area contributed by atoms with E-state index in [1.54, 1.807) is 24.3 Å². The molecule has 4 rings (SSSR count). The summed E-state index contributed by atoms with van der Waals surface area (Å²) >= 11 is 0. The van der Waals surface area contributed by atoms with Crippen molar-refractivity contribution in [1.29, 1.82) is 0 Å². The summed E-state index contributed by atoms with van der Waals surface area (Å²) in [6.07, 6.45) is -0.865. The van der Waals surface area contributed by atoms with Gasteiger partial charge in [-0.15, -0.1) is 0 Å². The van der Waals surface area contributed by atoms with Gasteiger partial charge in [-0.25, -0.2) is 9.18 Å². The van der Waals surface area contributed by atoms with Crippen LogP contribution in [0.3, 0.4) is 0 Å². The van der Waals surface area contributed by atoms with Crippen molar-refractivity contribution in [3.8, 4) is 11.1 Å². The van der Waals surface area contributed by atoms with Crippen LogP contribution in [0.15, 0.2) is 47.6 Å². The number of nitrogens with one attached hydrogen (secondary N) is 1. The monoisotopic (exact) mass is 427 g/mol. The van der Waals surface area contributed by atoms with Gasteiger partial charge >= 0.3 is 6.09 Å². The zero-order valence-electron chi connectivity index (χ0n) is 16.9. The van der Waals surface area contributed by atoms with Gasteiger partial charge in [-0.3, -0.25) is 9.69 Å². The maximum atomic E-state index is 14.9. The molecule has 8 nitrogen and oxygen atoms in total. The molecule has 0 spiro atoms. The van der Waals surface area contributed by atoms with E-state index in [9.17, 15) is 14.0 Å². The van der Waals surface area contributed by atoms with Crippen LogP contribution in [0.1, 0.15) is 18.9 Å². The van der Waals surface area contributed by atoms with Crippen molar-refractivity contribution in [3.05, 3.63) is 53.8 Å².